The van der Waals surface area contributed by atoms with Gasteiger partial charge < -0.3 is 10.1 Å². The zero-order chi connectivity index (χ0) is 24.4. The Labute approximate surface area is 205 Å². The van der Waals surface area contributed by atoms with Gasteiger partial charge in [-0.2, -0.15) is 0 Å². The topological polar surface area (TPSA) is 118 Å². The van der Waals surface area contributed by atoms with Gasteiger partial charge in [0.05, 0.1) is 17.4 Å². The summed E-state index contributed by atoms with van der Waals surface area (Å²) >= 11 is 2.73. The molecule has 4 rings (SSSR count). The average Bonchev–Trinajstić information content (AvgIpc) is 3.25. The molecule has 0 spiro atoms. The zero-order valence-corrected chi connectivity index (χ0v) is 21.4. The Hall–Kier alpha value is -2.66. The molecule has 1 aliphatic carbocycles. The molecule has 182 valence electrons. The van der Waals surface area contributed by atoms with E-state index in [0.29, 0.717) is 21.5 Å². The van der Waals surface area contributed by atoms with Crippen LogP contribution in [0, 0.1) is 0 Å². The van der Waals surface area contributed by atoms with Gasteiger partial charge in [0.2, 0.25) is 11.7 Å². The summed E-state index contributed by atoms with van der Waals surface area (Å²) in [5.41, 5.74) is 2.05. The summed E-state index contributed by atoms with van der Waals surface area (Å²) in [6, 6.07) is 1.53. The Bertz CT molecular complexity index is 1280. The summed E-state index contributed by atoms with van der Waals surface area (Å²) in [6.07, 6.45) is 4.97. The minimum atomic E-state index is -0.517. The number of thioether (sulfide) groups is 1. The van der Waals surface area contributed by atoms with Crippen molar-refractivity contribution in [2.24, 2.45) is 0 Å². The van der Waals surface area contributed by atoms with Gasteiger partial charge in [0, 0.05) is 16.6 Å². The Morgan fingerprint density at radius 1 is 1.24 bits per heavy atom. The third-order valence-electron chi connectivity index (χ3n) is 5.79. The lowest BCUT2D eigenvalue weighted by Crippen LogP contribution is -2.24. The van der Waals surface area contributed by atoms with E-state index in [-0.39, 0.29) is 30.0 Å². The van der Waals surface area contributed by atoms with E-state index >= 15 is 0 Å². The van der Waals surface area contributed by atoms with E-state index in [0.717, 1.165) is 48.2 Å². The molecule has 9 nitrogen and oxygen atoms in total. The molecule has 1 atom stereocenters. The fraction of sp³-hybridized carbons (Fsp3) is 0.522. The van der Waals surface area contributed by atoms with Crippen LogP contribution in [0.1, 0.15) is 79.4 Å². The van der Waals surface area contributed by atoms with Crippen LogP contribution in [-0.2, 0) is 22.4 Å². The van der Waals surface area contributed by atoms with E-state index in [1.165, 1.54) is 29.2 Å². The number of aryl methyl sites for hydroxylation is 1. The fourth-order valence-corrected chi connectivity index (χ4v) is 6.25. The molecule has 11 heteroatoms. The predicted molar refractivity (Wildman–Crippen MR) is 133 cm³/mol. The van der Waals surface area contributed by atoms with Gasteiger partial charge in [-0.1, -0.05) is 32.0 Å². The SMILES string of the molecule is CCOC(=O)c1c(NC(=O)C(C)Sc2nnc3[nH]c(=O)cc(C(C)C)n23)sc2c1CCCCC2. The maximum atomic E-state index is 13.2. The van der Waals surface area contributed by atoms with Crippen LogP contribution in [0.2, 0.25) is 0 Å². The van der Waals surface area contributed by atoms with Crippen molar-refractivity contribution in [1.82, 2.24) is 19.6 Å². The molecule has 1 amide bonds. The van der Waals surface area contributed by atoms with E-state index in [2.05, 4.69) is 20.5 Å². The van der Waals surface area contributed by atoms with Crippen LogP contribution < -0.4 is 10.9 Å². The number of H-pyrrole nitrogens is 1. The van der Waals surface area contributed by atoms with E-state index in [4.69, 9.17) is 4.74 Å². The maximum absolute atomic E-state index is 13.2. The van der Waals surface area contributed by atoms with Gasteiger partial charge in [0.25, 0.3) is 5.56 Å². The molecule has 0 saturated carbocycles. The predicted octanol–water partition coefficient (Wildman–Crippen LogP) is 4.17. The number of hydrogen-bond acceptors (Lipinski definition) is 8. The van der Waals surface area contributed by atoms with Crippen molar-refractivity contribution in [3.05, 3.63) is 38.1 Å². The molecule has 1 unspecified atom stereocenters. The quantitative estimate of drug-likeness (QED) is 0.282. The van der Waals surface area contributed by atoms with E-state index in [1.54, 1.807) is 18.2 Å². The van der Waals surface area contributed by atoms with Crippen molar-refractivity contribution in [1.29, 1.82) is 0 Å². The molecule has 0 bridgehead atoms. The normalized spacial score (nSPS) is 14.6. The number of thiophene rings is 1. The second-order valence-corrected chi connectivity index (χ2v) is 11.0. The van der Waals surface area contributed by atoms with Crippen LogP contribution in [0.15, 0.2) is 16.0 Å². The fourth-order valence-electron chi connectivity index (χ4n) is 4.11. The van der Waals surface area contributed by atoms with Gasteiger partial charge in [-0.15, -0.1) is 21.5 Å². The highest BCUT2D eigenvalue weighted by Crippen LogP contribution is 2.38. The number of carbonyl (C=O) groups excluding carboxylic acids is 2. The first-order valence-corrected chi connectivity index (χ1v) is 13.3. The van der Waals surface area contributed by atoms with E-state index in [9.17, 15) is 14.4 Å². The number of aromatic amines is 1. The smallest absolute Gasteiger partial charge is 0.341 e. The van der Waals surface area contributed by atoms with Gasteiger partial charge in [-0.3, -0.25) is 19.0 Å². The van der Waals surface area contributed by atoms with Crippen LogP contribution in [0.4, 0.5) is 5.00 Å². The molecule has 0 radical (unpaired) electrons. The molecular weight excluding hydrogens is 474 g/mol. The number of rotatable bonds is 7. The Morgan fingerprint density at radius 3 is 2.74 bits per heavy atom. The van der Waals surface area contributed by atoms with Crippen molar-refractivity contribution in [2.75, 3.05) is 11.9 Å². The van der Waals surface area contributed by atoms with Crippen LogP contribution in [0.3, 0.4) is 0 Å². The van der Waals surface area contributed by atoms with Gasteiger partial charge in [-0.05, 0) is 51.0 Å². The second-order valence-electron chi connectivity index (χ2n) is 8.59. The van der Waals surface area contributed by atoms with Crippen molar-refractivity contribution in [2.45, 2.75) is 76.1 Å². The number of carbonyl (C=O) groups is 2. The minimum absolute atomic E-state index is 0.0675. The number of ether oxygens (including phenoxy) is 1. The summed E-state index contributed by atoms with van der Waals surface area (Å²) in [6.45, 7) is 7.81. The van der Waals surface area contributed by atoms with Crippen LogP contribution in [0.5, 0.6) is 0 Å². The van der Waals surface area contributed by atoms with Crippen molar-refractivity contribution >= 4 is 45.8 Å². The van der Waals surface area contributed by atoms with Gasteiger partial charge in [0.1, 0.15) is 5.00 Å². The highest BCUT2D eigenvalue weighted by molar-refractivity contribution is 8.00. The average molecular weight is 504 g/mol. The van der Waals surface area contributed by atoms with Crippen molar-refractivity contribution in [3.63, 3.8) is 0 Å². The second kappa shape index (κ2) is 10.3. The summed E-state index contributed by atoms with van der Waals surface area (Å²) < 4.78 is 7.09. The van der Waals surface area contributed by atoms with Crippen LogP contribution in [0.25, 0.3) is 5.78 Å². The summed E-state index contributed by atoms with van der Waals surface area (Å²) in [4.78, 5) is 41.7. The number of fused-ring (bicyclic) bond motifs is 2. The standard InChI is InChI=1S/C23H29N5O4S2/c1-5-32-21(31)18-14-9-7-6-8-10-16(14)34-20(18)25-19(30)13(4)33-23-27-26-22-24-17(29)11-15(12(2)3)28(22)23/h11-13H,5-10H2,1-4H3,(H,25,30)(H,24,26,29). The molecule has 3 aromatic rings. The third-order valence-corrected chi connectivity index (χ3v) is 8.04. The number of hydrogen-bond donors (Lipinski definition) is 2. The monoisotopic (exact) mass is 503 g/mol. The molecule has 0 aliphatic heterocycles. The van der Waals surface area contributed by atoms with Gasteiger partial charge in [0.15, 0.2) is 5.16 Å². The minimum Gasteiger partial charge on any atom is -0.462 e. The number of aromatic nitrogens is 4. The lowest BCUT2D eigenvalue weighted by Gasteiger charge is -2.13. The van der Waals surface area contributed by atoms with Crippen LogP contribution in [-0.4, -0.2) is 43.3 Å². The number of nitrogens with one attached hydrogen (secondary N) is 2. The van der Waals surface area contributed by atoms with Gasteiger partial charge >= 0.3 is 5.97 Å². The van der Waals surface area contributed by atoms with Crippen LogP contribution >= 0.6 is 23.1 Å². The number of anilines is 1. The Balaban J connectivity index is 1.59. The largest absolute Gasteiger partial charge is 0.462 e. The molecular formula is C23H29N5O4S2. The number of esters is 1. The lowest BCUT2D eigenvalue weighted by molar-refractivity contribution is -0.115. The molecule has 34 heavy (non-hydrogen) atoms. The van der Waals surface area contributed by atoms with E-state index < -0.39 is 5.25 Å². The maximum Gasteiger partial charge on any atom is 0.341 e. The highest BCUT2D eigenvalue weighted by Gasteiger charge is 2.28. The first kappa shape index (κ1) is 24.5. The number of nitrogens with zero attached hydrogens (tertiary/aromatic N) is 3. The van der Waals surface area contributed by atoms with Crippen molar-refractivity contribution in [3.8, 4) is 0 Å². The summed E-state index contributed by atoms with van der Waals surface area (Å²) in [5, 5.41) is 11.8. The van der Waals surface area contributed by atoms with E-state index in [1.807, 2.05) is 13.8 Å². The highest BCUT2D eigenvalue weighted by atomic mass is 32.2. The van der Waals surface area contributed by atoms with Crippen molar-refractivity contribution < 1.29 is 14.3 Å². The molecule has 2 N–H and O–H groups in total. The van der Waals surface area contributed by atoms with Gasteiger partial charge in [-0.25, -0.2) is 4.79 Å². The molecule has 0 aromatic carbocycles. The zero-order valence-electron chi connectivity index (χ0n) is 19.8. The third kappa shape index (κ3) is 4.90. The molecule has 0 saturated heterocycles. The molecule has 0 fully saturated rings. The first-order valence-electron chi connectivity index (χ1n) is 11.6. The molecule has 1 aliphatic rings. The first-order chi connectivity index (χ1) is 16.3. The molecule has 3 heterocycles. The Morgan fingerprint density at radius 2 is 2.00 bits per heavy atom. The molecule has 3 aromatic heterocycles. The Kier molecular flexibility index (Phi) is 7.42. The summed E-state index contributed by atoms with van der Waals surface area (Å²) in [7, 11) is 0. The summed E-state index contributed by atoms with van der Waals surface area (Å²) in [5.74, 6) is -0.207. The lowest BCUT2D eigenvalue weighted by atomic mass is 10.1. The number of amides is 1.